The van der Waals surface area contributed by atoms with Gasteiger partial charge in [-0.1, -0.05) is 6.07 Å². The highest BCUT2D eigenvalue weighted by molar-refractivity contribution is 5.90. The number of nitrogens with one attached hydrogen (secondary N) is 1. The number of aliphatic carboxylic acids is 1. The van der Waals surface area contributed by atoms with Crippen LogP contribution in [0.2, 0.25) is 0 Å². The van der Waals surface area contributed by atoms with E-state index in [1.807, 2.05) is 0 Å². The van der Waals surface area contributed by atoms with Gasteiger partial charge < -0.3 is 20.3 Å². The number of carboxylic acids is 1. The molecule has 1 aliphatic heterocycles. The Labute approximate surface area is 119 Å². The number of rotatable bonds is 3. The minimum Gasteiger partial charge on any atom is -0.504 e. The van der Waals surface area contributed by atoms with Gasteiger partial charge in [-0.05, 0) is 23.8 Å². The van der Waals surface area contributed by atoms with E-state index in [1.165, 1.54) is 30.3 Å². The van der Waals surface area contributed by atoms with Gasteiger partial charge in [0.05, 0.1) is 7.11 Å². The van der Waals surface area contributed by atoms with Crippen LogP contribution in [0.15, 0.2) is 36.3 Å². The number of phenolic OH excluding ortho intramolecular Hbond substituents is 1. The number of carbonyl (C=O) groups is 1. The number of aromatic hydroxyl groups is 1. The van der Waals surface area contributed by atoms with E-state index in [2.05, 4.69) is 15.4 Å². The van der Waals surface area contributed by atoms with E-state index in [0.29, 0.717) is 17.3 Å². The van der Waals surface area contributed by atoms with Crippen LogP contribution in [-0.4, -0.2) is 38.1 Å². The van der Waals surface area contributed by atoms with Crippen LogP contribution in [0.5, 0.6) is 11.5 Å². The highest BCUT2D eigenvalue weighted by Gasteiger charge is 2.26. The molecule has 1 atom stereocenters. The smallest absolute Gasteiger partial charge is 0.352 e. The summed E-state index contributed by atoms with van der Waals surface area (Å²) in [4.78, 5) is 15.1. The normalized spacial score (nSPS) is 16.6. The van der Waals surface area contributed by atoms with Crippen molar-refractivity contribution in [1.29, 1.82) is 0 Å². The fourth-order valence-corrected chi connectivity index (χ4v) is 2.19. The van der Waals surface area contributed by atoms with Crippen molar-refractivity contribution >= 4 is 11.9 Å². The molecule has 21 heavy (non-hydrogen) atoms. The quantitative estimate of drug-likeness (QED) is 0.772. The van der Waals surface area contributed by atoms with Crippen LogP contribution in [0.4, 0.5) is 5.95 Å². The van der Waals surface area contributed by atoms with Gasteiger partial charge in [0.25, 0.3) is 0 Å². The van der Waals surface area contributed by atoms with E-state index in [1.54, 1.807) is 12.1 Å². The summed E-state index contributed by atoms with van der Waals surface area (Å²) in [5.74, 6) is -0.448. The van der Waals surface area contributed by atoms with Crippen LogP contribution in [0.3, 0.4) is 0 Å². The fraction of sp³-hybridized carbons (Fsp3) is 0.154. The second-order valence-electron chi connectivity index (χ2n) is 4.41. The van der Waals surface area contributed by atoms with Gasteiger partial charge in [-0.15, -0.1) is 0 Å². The molecule has 0 saturated carbocycles. The van der Waals surface area contributed by atoms with Crippen molar-refractivity contribution in [2.24, 2.45) is 0 Å². The number of allylic oxidation sites excluding steroid dienone is 1. The van der Waals surface area contributed by atoms with Gasteiger partial charge >= 0.3 is 5.97 Å². The number of phenols is 1. The lowest BCUT2D eigenvalue weighted by Gasteiger charge is -2.22. The summed E-state index contributed by atoms with van der Waals surface area (Å²) in [6, 6.07) is 4.37. The van der Waals surface area contributed by atoms with Crippen LogP contribution >= 0.6 is 0 Å². The Morgan fingerprint density at radius 1 is 1.48 bits per heavy atom. The van der Waals surface area contributed by atoms with Crippen molar-refractivity contribution in [3.63, 3.8) is 0 Å². The molecule has 0 fully saturated rings. The maximum absolute atomic E-state index is 11.2. The van der Waals surface area contributed by atoms with E-state index in [9.17, 15) is 9.90 Å². The second kappa shape index (κ2) is 4.82. The maximum atomic E-state index is 11.2. The van der Waals surface area contributed by atoms with Gasteiger partial charge in [-0.2, -0.15) is 10.1 Å². The molecule has 2 aromatic rings. The number of carboxylic acid groups (broad SMARTS) is 1. The molecule has 0 radical (unpaired) electrons. The minimum absolute atomic E-state index is 0.0100. The highest BCUT2D eigenvalue weighted by atomic mass is 16.5. The summed E-state index contributed by atoms with van der Waals surface area (Å²) in [5, 5.41) is 25.8. The SMILES string of the molecule is COc1ccc([C@@H]2C=C(C(=O)O)Nc3ncnn32)cc1O. The molecule has 3 N–H and O–H groups in total. The third kappa shape index (κ3) is 2.16. The third-order valence-corrected chi connectivity index (χ3v) is 3.18. The largest absolute Gasteiger partial charge is 0.504 e. The van der Waals surface area contributed by atoms with E-state index in [4.69, 9.17) is 9.84 Å². The van der Waals surface area contributed by atoms with Crippen LogP contribution in [0.25, 0.3) is 0 Å². The number of fused-ring (bicyclic) bond motifs is 1. The van der Waals surface area contributed by atoms with Crippen molar-refractivity contribution in [2.75, 3.05) is 12.4 Å². The number of nitrogens with zero attached hydrogens (tertiary/aromatic N) is 3. The van der Waals surface area contributed by atoms with Crippen molar-refractivity contribution < 1.29 is 19.7 Å². The second-order valence-corrected chi connectivity index (χ2v) is 4.41. The number of aromatic nitrogens is 3. The van der Waals surface area contributed by atoms with E-state index >= 15 is 0 Å². The predicted molar refractivity (Wildman–Crippen MR) is 72.2 cm³/mol. The molecule has 8 nitrogen and oxygen atoms in total. The van der Waals surface area contributed by atoms with Gasteiger partial charge in [0.1, 0.15) is 18.1 Å². The summed E-state index contributed by atoms with van der Waals surface area (Å²) < 4.78 is 6.53. The summed E-state index contributed by atoms with van der Waals surface area (Å²) in [6.07, 6.45) is 2.84. The molecule has 0 unspecified atom stereocenters. The number of methoxy groups -OCH3 is 1. The molecule has 2 heterocycles. The Balaban J connectivity index is 2.08. The molecule has 1 aromatic carbocycles. The van der Waals surface area contributed by atoms with E-state index in [0.717, 1.165) is 0 Å². The first-order chi connectivity index (χ1) is 10.1. The van der Waals surface area contributed by atoms with Crippen LogP contribution in [0.1, 0.15) is 11.6 Å². The lowest BCUT2D eigenvalue weighted by Crippen LogP contribution is -2.24. The molecule has 0 bridgehead atoms. The van der Waals surface area contributed by atoms with Crippen LogP contribution in [-0.2, 0) is 4.79 Å². The Morgan fingerprint density at radius 3 is 2.95 bits per heavy atom. The first-order valence-electron chi connectivity index (χ1n) is 6.08. The number of benzene rings is 1. The molecular weight excluding hydrogens is 276 g/mol. The Hall–Kier alpha value is -3.03. The third-order valence-electron chi connectivity index (χ3n) is 3.18. The lowest BCUT2D eigenvalue weighted by molar-refractivity contribution is -0.132. The highest BCUT2D eigenvalue weighted by Crippen LogP contribution is 2.33. The topological polar surface area (TPSA) is 110 Å². The van der Waals surface area contributed by atoms with Crippen LogP contribution in [0, 0.1) is 0 Å². The van der Waals surface area contributed by atoms with Gasteiger partial charge in [0, 0.05) is 0 Å². The fourth-order valence-electron chi connectivity index (χ4n) is 2.19. The molecule has 3 rings (SSSR count). The van der Waals surface area contributed by atoms with Crippen molar-refractivity contribution in [1.82, 2.24) is 14.8 Å². The summed E-state index contributed by atoms with van der Waals surface area (Å²) >= 11 is 0. The van der Waals surface area contributed by atoms with Crippen LogP contribution < -0.4 is 10.1 Å². The van der Waals surface area contributed by atoms with Crippen molar-refractivity contribution in [2.45, 2.75) is 6.04 Å². The van der Waals surface area contributed by atoms with Crippen molar-refractivity contribution in [3.05, 3.63) is 41.9 Å². The molecule has 0 saturated heterocycles. The molecule has 108 valence electrons. The number of hydrogen-bond acceptors (Lipinski definition) is 6. The first kappa shape index (κ1) is 13.0. The minimum atomic E-state index is -1.09. The monoisotopic (exact) mass is 288 g/mol. The molecule has 1 aliphatic rings. The summed E-state index contributed by atoms with van der Waals surface area (Å²) in [5.41, 5.74) is 0.677. The van der Waals surface area contributed by atoms with E-state index < -0.39 is 12.0 Å². The standard InChI is InChI=1S/C13H12N4O4/c1-21-11-3-2-7(4-10(11)18)9-5-8(12(19)20)16-13-14-6-15-17(9)13/h2-6,9,18H,1H3,(H,19,20)(H,14,15,16)/t9-/m0/s1. The number of anilines is 1. The molecule has 1 aromatic heterocycles. The summed E-state index contributed by atoms with van der Waals surface area (Å²) in [6.45, 7) is 0. The molecule has 8 heteroatoms. The van der Waals surface area contributed by atoms with E-state index in [-0.39, 0.29) is 11.4 Å². The number of ether oxygens (including phenoxy) is 1. The van der Waals surface area contributed by atoms with Gasteiger partial charge in [-0.3, -0.25) is 0 Å². The zero-order chi connectivity index (χ0) is 15.0. The molecule has 0 amide bonds. The predicted octanol–water partition coefficient (Wildman–Crippen LogP) is 0.976. The average molecular weight is 288 g/mol. The molecule has 0 aliphatic carbocycles. The molecule has 0 spiro atoms. The Bertz CT molecular complexity index is 738. The zero-order valence-electron chi connectivity index (χ0n) is 11.0. The first-order valence-corrected chi connectivity index (χ1v) is 6.08. The molecular formula is C13H12N4O4. The summed E-state index contributed by atoms with van der Waals surface area (Å²) in [7, 11) is 1.46. The maximum Gasteiger partial charge on any atom is 0.352 e. The number of hydrogen-bond donors (Lipinski definition) is 3. The average Bonchev–Trinajstić information content (AvgIpc) is 2.94. The van der Waals surface area contributed by atoms with Gasteiger partial charge in [-0.25, -0.2) is 9.48 Å². The van der Waals surface area contributed by atoms with Gasteiger partial charge in [0.15, 0.2) is 11.5 Å². The van der Waals surface area contributed by atoms with Gasteiger partial charge in [0.2, 0.25) is 5.95 Å². The Morgan fingerprint density at radius 2 is 2.29 bits per heavy atom. The lowest BCUT2D eigenvalue weighted by atomic mass is 10.0. The zero-order valence-corrected chi connectivity index (χ0v) is 11.0. The Kier molecular flexibility index (Phi) is 2.98. The van der Waals surface area contributed by atoms with Crippen molar-refractivity contribution in [3.8, 4) is 11.5 Å².